The number of hydrogen-bond acceptors (Lipinski definition) is 5. The van der Waals surface area contributed by atoms with Crippen LogP contribution in [0.25, 0.3) is 0 Å². The summed E-state index contributed by atoms with van der Waals surface area (Å²) >= 11 is 3.39. The highest BCUT2D eigenvalue weighted by Crippen LogP contribution is 2.38. The standard InChI is InChI=1S/C13H17N3S2/c1-3-10(14)12(11-5-4-6-17-11)18-13-15-7-9(2)8-16-13/h4-8,10,12H,3,14H2,1-2H3. The molecule has 0 saturated carbocycles. The highest BCUT2D eigenvalue weighted by molar-refractivity contribution is 7.99. The van der Waals surface area contributed by atoms with E-state index in [0.717, 1.165) is 17.1 Å². The Morgan fingerprint density at radius 2 is 2.11 bits per heavy atom. The van der Waals surface area contributed by atoms with Gasteiger partial charge in [-0.05, 0) is 30.4 Å². The topological polar surface area (TPSA) is 51.8 Å². The van der Waals surface area contributed by atoms with E-state index in [2.05, 4.69) is 34.4 Å². The van der Waals surface area contributed by atoms with Gasteiger partial charge in [0.2, 0.25) is 0 Å². The van der Waals surface area contributed by atoms with Crippen molar-refractivity contribution >= 4 is 23.1 Å². The summed E-state index contributed by atoms with van der Waals surface area (Å²) in [6.45, 7) is 4.10. The van der Waals surface area contributed by atoms with Crippen LogP contribution in [0.4, 0.5) is 0 Å². The van der Waals surface area contributed by atoms with E-state index in [0.29, 0.717) is 0 Å². The van der Waals surface area contributed by atoms with Crippen molar-refractivity contribution in [2.45, 2.75) is 36.7 Å². The van der Waals surface area contributed by atoms with Crippen molar-refractivity contribution in [3.63, 3.8) is 0 Å². The SMILES string of the molecule is CCC(N)C(Sc1ncc(C)cn1)c1cccs1. The van der Waals surface area contributed by atoms with Gasteiger partial charge in [-0.1, -0.05) is 24.8 Å². The fourth-order valence-corrected chi connectivity index (χ4v) is 3.69. The van der Waals surface area contributed by atoms with Crippen LogP contribution in [0.1, 0.15) is 29.0 Å². The van der Waals surface area contributed by atoms with Crippen LogP contribution in [0.15, 0.2) is 35.1 Å². The molecule has 0 saturated heterocycles. The molecule has 0 aliphatic carbocycles. The molecule has 2 unspecified atom stereocenters. The first kappa shape index (κ1) is 13.5. The molecule has 0 bridgehead atoms. The van der Waals surface area contributed by atoms with Crippen LogP contribution in [-0.4, -0.2) is 16.0 Å². The van der Waals surface area contributed by atoms with E-state index < -0.39 is 0 Å². The number of thioether (sulfide) groups is 1. The molecule has 2 heterocycles. The molecular weight excluding hydrogens is 262 g/mol. The lowest BCUT2D eigenvalue weighted by Gasteiger charge is -2.20. The summed E-state index contributed by atoms with van der Waals surface area (Å²) in [6, 6.07) is 4.32. The second kappa shape index (κ2) is 6.31. The van der Waals surface area contributed by atoms with Crippen LogP contribution < -0.4 is 5.73 Å². The summed E-state index contributed by atoms with van der Waals surface area (Å²) in [5, 5.41) is 3.11. The number of hydrogen-bond donors (Lipinski definition) is 1. The minimum atomic E-state index is 0.124. The van der Waals surface area contributed by atoms with E-state index in [1.165, 1.54) is 4.88 Å². The summed E-state index contributed by atoms with van der Waals surface area (Å²) < 4.78 is 0. The minimum absolute atomic E-state index is 0.124. The molecule has 0 fully saturated rings. The van der Waals surface area contributed by atoms with Gasteiger partial charge in [0.1, 0.15) is 0 Å². The van der Waals surface area contributed by atoms with Gasteiger partial charge in [0, 0.05) is 23.3 Å². The summed E-state index contributed by atoms with van der Waals surface area (Å²) in [5.41, 5.74) is 7.29. The molecule has 2 aromatic rings. The fraction of sp³-hybridized carbons (Fsp3) is 0.385. The molecule has 2 N–H and O–H groups in total. The third-order valence-electron chi connectivity index (χ3n) is 2.67. The van der Waals surface area contributed by atoms with Gasteiger partial charge >= 0.3 is 0 Å². The van der Waals surface area contributed by atoms with Gasteiger partial charge in [-0.3, -0.25) is 0 Å². The molecule has 0 amide bonds. The first-order valence-electron chi connectivity index (χ1n) is 5.95. The third-order valence-corrected chi connectivity index (χ3v) is 5.06. The number of aryl methyl sites for hydroxylation is 1. The lowest BCUT2D eigenvalue weighted by molar-refractivity contribution is 0.638. The van der Waals surface area contributed by atoms with Crippen LogP contribution in [-0.2, 0) is 0 Å². The summed E-state index contributed by atoms with van der Waals surface area (Å²) in [6.07, 6.45) is 4.64. The van der Waals surface area contributed by atoms with Crippen LogP contribution in [0.3, 0.4) is 0 Å². The van der Waals surface area contributed by atoms with Crippen molar-refractivity contribution in [1.82, 2.24) is 9.97 Å². The van der Waals surface area contributed by atoms with Gasteiger partial charge in [-0.15, -0.1) is 11.3 Å². The molecule has 0 radical (unpaired) electrons. The molecule has 3 nitrogen and oxygen atoms in total. The monoisotopic (exact) mass is 279 g/mol. The van der Waals surface area contributed by atoms with Gasteiger partial charge in [0.15, 0.2) is 5.16 Å². The quantitative estimate of drug-likeness (QED) is 0.673. The van der Waals surface area contributed by atoms with Gasteiger partial charge in [-0.2, -0.15) is 0 Å². The maximum atomic E-state index is 6.22. The van der Waals surface area contributed by atoms with Crippen molar-refractivity contribution in [3.05, 3.63) is 40.3 Å². The molecular formula is C13H17N3S2. The highest BCUT2D eigenvalue weighted by atomic mass is 32.2. The largest absolute Gasteiger partial charge is 0.326 e. The lowest BCUT2D eigenvalue weighted by atomic mass is 10.1. The van der Waals surface area contributed by atoms with E-state index in [4.69, 9.17) is 5.73 Å². The number of nitrogens with two attached hydrogens (primary N) is 1. The second-order valence-corrected chi connectivity index (χ2v) is 6.26. The Bertz CT molecular complexity index is 467. The summed E-state index contributed by atoms with van der Waals surface area (Å²) in [4.78, 5) is 9.98. The van der Waals surface area contributed by atoms with E-state index in [1.807, 2.05) is 19.3 Å². The molecule has 0 aliphatic heterocycles. The molecule has 96 valence electrons. The van der Waals surface area contributed by atoms with Gasteiger partial charge in [-0.25, -0.2) is 9.97 Å². The predicted molar refractivity (Wildman–Crippen MR) is 78.0 cm³/mol. The lowest BCUT2D eigenvalue weighted by Crippen LogP contribution is -2.25. The van der Waals surface area contributed by atoms with Crippen LogP contribution in [0.2, 0.25) is 0 Å². The molecule has 0 aromatic carbocycles. The smallest absolute Gasteiger partial charge is 0.188 e. The molecule has 18 heavy (non-hydrogen) atoms. The number of nitrogens with zero attached hydrogens (tertiary/aromatic N) is 2. The van der Waals surface area contributed by atoms with E-state index in [9.17, 15) is 0 Å². The molecule has 2 aromatic heterocycles. The first-order chi connectivity index (χ1) is 8.70. The van der Waals surface area contributed by atoms with Gasteiger partial charge < -0.3 is 5.73 Å². The molecule has 2 atom stereocenters. The zero-order valence-electron chi connectivity index (χ0n) is 10.5. The fourth-order valence-electron chi connectivity index (χ4n) is 1.58. The predicted octanol–water partition coefficient (Wildman–Crippen LogP) is 3.42. The van der Waals surface area contributed by atoms with E-state index in [1.54, 1.807) is 23.1 Å². The van der Waals surface area contributed by atoms with Crippen LogP contribution in [0, 0.1) is 6.92 Å². The van der Waals surface area contributed by atoms with Gasteiger partial charge in [0.05, 0.1) is 5.25 Å². The zero-order valence-corrected chi connectivity index (χ0v) is 12.2. The number of rotatable bonds is 5. The normalized spacial score (nSPS) is 14.4. The Morgan fingerprint density at radius 3 is 2.67 bits per heavy atom. The average Bonchev–Trinajstić information content (AvgIpc) is 2.91. The van der Waals surface area contributed by atoms with E-state index in [-0.39, 0.29) is 11.3 Å². The molecule has 0 aliphatic rings. The zero-order chi connectivity index (χ0) is 13.0. The van der Waals surface area contributed by atoms with Gasteiger partial charge in [0.25, 0.3) is 0 Å². The Hall–Kier alpha value is -0.910. The van der Waals surface area contributed by atoms with Crippen molar-refractivity contribution < 1.29 is 0 Å². The van der Waals surface area contributed by atoms with Crippen molar-refractivity contribution in [1.29, 1.82) is 0 Å². The molecule has 2 rings (SSSR count). The first-order valence-corrected chi connectivity index (χ1v) is 7.71. The second-order valence-electron chi connectivity index (χ2n) is 4.17. The highest BCUT2D eigenvalue weighted by Gasteiger charge is 2.21. The maximum Gasteiger partial charge on any atom is 0.188 e. The summed E-state index contributed by atoms with van der Waals surface area (Å²) in [5.74, 6) is 0. The van der Waals surface area contributed by atoms with Crippen molar-refractivity contribution in [2.75, 3.05) is 0 Å². The number of aromatic nitrogens is 2. The Labute approximate surface area is 116 Å². The maximum absolute atomic E-state index is 6.22. The third kappa shape index (κ3) is 3.31. The van der Waals surface area contributed by atoms with Crippen LogP contribution in [0.5, 0.6) is 0 Å². The Kier molecular flexibility index (Phi) is 4.74. The number of thiophene rings is 1. The average molecular weight is 279 g/mol. The van der Waals surface area contributed by atoms with E-state index >= 15 is 0 Å². The minimum Gasteiger partial charge on any atom is -0.326 e. The summed E-state index contributed by atoms with van der Waals surface area (Å²) in [7, 11) is 0. The molecule has 0 spiro atoms. The van der Waals surface area contributed by atoms with Crippen LogP contribution >= 0.6 is 23.1 Å². The van der Waals surface area contributed by atoms with Crippen molar-refractivity contribution in [3.8, 4) is 0 Å². The van der Waals surface area contributed by atoms with Crippen molar-refractivity contribution in [2.24, 2.45) is 5.73 Å². The Balaban J connectivity index is 2.17. The molecule has 5 heteroatoms. The Morgan fingerprint density at radius 1 is 1.39 bits per heavy atom.